The van der Waals surface area contributed by atoms with E-state index < -0.39 is 5.91 Å². The molecule has 0 atom stereocenters. The third-order valence-electron chi connectivity index (χ3n) is 3.93. The van der Waals surface area contributed by atoms with Gasteiger partial charge in [-0.15, -0.1) is 0 Å². The minimum absolute atomic E-state index is 0.208. The Morgan fingerprint density at radius 3 is 2.68 bits per heavy atom. The Morgan fingerprint density at radius 2 is 2.00 bits per heavy atom. The molecule has 2 rings (SSSR count). The van der Waals surface area contributed by atoms with Gasteiger partial charge >= 0.3 is 0 Å². The van der Waals surface area contributed by atoms with Crippen molar-refractivity contribution in [2.75, 3.05) is 18.5 Å². The number of carbonyl (C=O) groups is 2. The zero-order valence-electron chi connectivity index (χ0n) is 16.9. The molecule has 0 spiro atoms. The summed E-state index contributed by atoms with van der Waals surface area (Å²) in [6.45, 7) is 8.97. The lowest BCUT2D eigenvalue weighted by Gasteiger charge is -2.19. The molecular formula is C20H28N4O4. The second kappa shape index (κ2) is 10.4. The molecule has 0 saturated carbocycles. The lowest BCUT2D eigenvalue weighted by Crippen LogP contribution is -2.33. The maximum atomic E-state index is 12.5. The van der Waals surface area contributed by atoms with Crippen LogP contribution >= 0.6 is 0 Å². The number of aromatic nitrogens is 2. The molecule has 0 fully saturated rings. The number of nitrogens with one attached hydrogen (secondary N) is 1. The molecule has 0 radical (unpaired) electrons. The number of carbonyl (C=O) groups excluding carboxylic acids is 2. The van der Waals surface area contributed by atoms with E-state index in [-0.39, 0.29) is 18.9 Å². The van der Waals surface area contributed by atoms with E-state index in [2.05, 4.69) is 29.3 Å². The van der Waals surface area contributed by atoms with Crippen LogP contribution in [-0.4, -0.2) is 40.0 Å². The predicted octanol–water partition coefficient (Wildman–Crippen LogP) is 3.04. The minimum atomic E-state index is -0.399. The van der Waals surface area contributed by atoms with Crippen LogP contribution in [0.5, 0.6) is 5.75 Å². The topological polar surface area (TPSA) is 97.6 Å². The van der Waals surface area contributed by atoms with Gasteiger partial charge in [-0.2, -0.15) is 4.98 Å². The third kappa shape index (κ3) is 6.37. The molecular weight excluding hydrogens is 360 g/mol. The molecule has 0 bridgehead atoms. The van der Waals surface area contributed by atoms with Crippen LogP contribution in [0.4, 0.5) is 5.69 Å². The van der Waals surface area contributed by atoms with Crippen molar-refractivity contribution in [3.8, 4) is 5.75 Å². The zero-order chi connectivity index (χ0) is 20.5. The molecule has 0 unspecified atom stereocenters. The monoisotopic (exact) mass is 388 g/mol. The first kappa shape index (κ1) is 21.4. The van der Waals surface area contributed by atoms with Crippen molar-refractivity contribution in [3.63, 3.8) is 0 Å². The summed E-state index contributed by atoms with van der Waals surface area (Å²) >= 11 is 0. The standard InChI is InChI=1S/C20H28N4O4/c1-5-24(13-17-22-19(28-23-17)11-14(3)4)20(26)12-18(25)21-15-9-7-8-10-16(15)27-6-2/h7-10,14H,5-6,11-13H2,1-4H3,(H,21,25). The van der Waals surface area contributed by atoms with Gasteiger partial charge in [-0.25, -0.2) is 0 Å². The summed E-state index contributed by atoms with van der Waals surface area (Å²) in [5.74, 6) is 1.27. The average molecular weight is 388 g/mol. The molecule has 0 aliphatic rings. The van der Waals surface area contributed by atoms with E-state index in [1.807, 2.05) is 19.9 Å². The number of rotatable bonds is 10. The number of benzene rings is 1. The quantitative estimate of drug-likeness (QED) is 0.628. The first-order valence-electron chi connectivity index (χ1n) is 9.53. The van der Waals surface area contributed by atoms with Crippen molar-refractivity contribution in [1.29, 1.82) is 0 Å². The molecule has 1 N–H and O–H groups in total. The van der Waals surface area contributed by atoms with E-state index in [9.17, 15) is 9.59 Å². The Hall–Kier alpha value is -2.90. The second-order valence-electron chi connectivity index (χ2n) is 6.76. The number of hydrogen-bond donors (Lipinski definition) is 1. The molecule has 2 amide bonds. The van der Waals surface area contributed by atoms with Crippen LogP contribution in [0.15, 0.2) is 28.8 Å². The molecule has 28 heavy (non-hydrogen) atoms. The van der Waals surface area contributed by atoms with E-state index in [1.165, 1.54) is 4.90 Å². The first-order valence-corrected chi connectivity index (χ1v) is 9.53. The van der Waals surface area contributed by atoms with Gasteiger partial charge in [0, 0.05) is 13.0 Å². The van der Waals surface area contributed by atoms with Gasteiger partial charge in [0.15, 0.2) is 5.82 Å². The molecule has 1 heterocycles. The van der Waals surface area contributed by atoms with Crippen molar-refractivity contribution < 1.29 is 18.8 Å². The fraction of sp³-hybridized carbons (Fsp3) is 0.500. The van der Waals surface area contributed by atoms with Crippen LogP contribution in [0.1, 0.15) is 45.8 Å². The van der Waals surface area contributed by atoms with Crippen molar-refractivity contribution in [2.45, 2.75) is 47.1 Å². The summed E-state index contributed by atoms with van der Waals surface area (Å²) < 4.78 is 10.7. The highest BCUT2D eigenvalue weighted by molar-refractivity contribution is 6.04. The lowest BCUT2D eigenvalue weighted by atomic mass is 10.1. The van der Waals surface area contributed by atoms with Crippen molar-refractivity contribution in [3.05, 3.63) is 36.0 Å². The largest absolute Gasteiger partial charge is 0.492 e. The average Bonchev–Trinajstić information content (AvgIpc) is 3.07. The van der Waals surface area contributed by atoms with Crippen molar-refractivity contribution in [1.82, 2.24) is 15.0 Å². The molecule has 0 aliphatic heterocycles. The number of anilines is 1. The summed E-state index contributed by atoms with van der Waals surface area (Å²) in [5, 5.41) is 6.65. The van der Waals surface area contributed by atoms with Gasteiger partial charge in [0.2, 0.25) is 17.7 Å². The van der Waals surface area contributed by atoms with Gasteiger partial charge in [0.1, 0.15) is 12.2 Å². The van der Waals surface area contributed by atoms with Crippen LogP contribution in [0.2, 0.25) is 0 Å². The number of amides is 2. The molecule has 0 saturated heterocycles. The minimum Gasteiger partial charge on any atom is -0.492 e. The Balaban J connectivity index is 1.94. The number of ether oxygens (including phenoxy) is 1. The van der Waals surface area contributed by atoms with Crippen molar-refractivity contribution >= 4 is 17.5 Å². The number of hydrogen-bond acceptors (Lipinski definition) is 6. The Bertz CT molecular complexity index is 788. The Labute approximate surface area is 165 Å². The zero-order valence-corrected chi connectivity index (χ0v) is 16.9. The van der Waals surface area contributed by atoms with Crippen LogP contribution < -0.4 is 10.1 Å². The van der Waals surface area contributed by atoms with Crippen molar-refractivity contribution in [2.24, 2.45) is 5.92 Å². The van der Waals surface area contributed by atoms with E-state index in [0.29, 0.717) is 48.6 Å². The van der Waals surface area contributed by atoms with Crippen LogP contribution in [0.3, 0.4) is 0 Å². The smallest absolute Gasteiger partial charge is 0.233 e. The Morgan fingerprint density at radius 1 is 1.25 bits per heavy atom. The number of nitrogens with zero attached hydrogens (tertiary/aromatic N) is 3. The maximum Gasteiger partial charge on any atom is 0.233 e. The van der Waals surface area contributed by atoms with Crippen LogP contribution in [0.25, 0.3) is 0 Å². The first-order chi connectivity index (χ1) is 13.4. The molecule has 2 aromatic rings. The van der Waals surface area contributed by atoms with Gasteiger partial charge in [-0.3, -0.25) is 9.59 Å². The van der Waals surface area contributed by atoms with E-state index >= 15 is 0 Å². The fourth-order valence-electron chi connectivity index (χ4n) is 2.63. The highest BCUT2D eigenvalue weighted by Crippen LogP contribution is 2.23. The number of para-hydroxylation sites is 2. The summed E-state index contributed by atoms with van der Waals surface area (Å²) in [6.07, 6.45) is 0.416. The van der Waals surface area contributed by atoms with Crippen LogP contribution in [-0.2, 0) is 22.6 Å². The lowest BCUT2D eigenvalue weighted by molar-refractivity contribution is -0.135. The SMILES string of the molecule is CCOc1ccccc1NC(=O)CC(=O)N(CC)Cc1noc(CC(C)C)n1. The molecule has 8 heteroatoms. The van der Waals surface area contributed by atoms with Gasteiger partial charge in [-0.05, 0) is 31.9 Å². The predicted molar refractivity (Wildman–Crippen MR) is 105 cm³/mol. The van der Waals surface area contributed by atoms with Crippen LogP contribution in [0, 0.1) is 5.92 Å². The highest BCUT2D eigenvalue weighted by Gasteiger charge is 2.19. The highest BCUT2D eigenvalue weighted by atomic mass is 16.5. The second-order valence-corrected chi connectivity index (χ2v) is 6.76. The van der Waals surface area contributed by atoms with E-state index in [1.54, 1.807) is 18.2 Å². The fourth-order valence-corrected chi connectivity index (χ4v) is 2.63. The third-order valence-corrected chi connectivity index (χ3v) is 3.93. The molecule has 0 aliphatic carbocycles. The molecule has 8 nitrogen and oxygen atoms in total. The summed E-state index contributed by atoms with van der Waals surface area (Å²) in [4.78, 5) is 30.7. The molecule has 1 aromatic carbocycles. The van der Waals surface area contributed by atoms with E-state index in [4.69, 9.17) is 9.26 Å². The Kier molecular flexibility index (Phi) is 7.98. The normalized spacial score (nSPS) is 10.8. The summed E-state index contributed by atoms with van der Waals surface area (Å²) in [5.41, 5.74) is 0.543. The van der Waals surface area contributed by atoms with Gasteiger partial charge in [-0.1, -0.05) is 31.1 Å². The van der Waals surface area contributed by atoms with E-state index in [0.717, 1.165) is 0 Å². The van der Waals surface area contributed by atoms with Gasteiger partial charge < -0.3 is 19.5 Å². The molecule has 1 aromatic heterocycles. The van der Waals surface area contributed by atoms with Gasteiger partial charge in [0.25, 0.3) is 0 Å². The maximum absolute atomic E-state index is 12.5. The summed E-state index contributed by atoms with van der Waals surface area (Å²) in [6, 6.07) is 7.12. The summed E-state index contributed by atoms with van der Waals surface area (Å²) in [7, 11) is 0. The molecule has 152 valence electrons. The van der Waals surface area contributed by atoms with Gasteiger partial charge in [0.05, 0.1) is 18.8 Å².